The van der Waals surface area contributed by atoms with E-state index in [0.717, 1.165) is 35.7 Å². The summed E-state index contributed by atoms with van der Waals surface area (Å²) in [6, 6.07) is 3.63. The summed E-state index contributed by atoms with van der Waals surface area (Å²) in [4.78, 5) is 37.9. The highest BCUT2D eigenvalue weighted by molar-refractivity contribution is 6.08. The molecule has 1 aliphatic heterocycles. The minimum absolute atomic E-state index is 0. The summed E-state index contributed by atoms with van der Waals surface area (Å²) < 4.78 is 37.9. The molecule has 2 saturated carbocycles. The second-order valence-corrected chi connectivity index (χ2v) is 7.68. The summed E-state index contributed by atoms with van der Waals surface area (Å²) in [6.45, 7) is 0. The molecular formula is C19H17F3N2O4. The van der Waals surface area contributed by atoms with Gasteiger partial charge in [0.1, 0.15) is 0 Å². The number of carbonyl (C=O) groups is 3. The van der Waals surface area contributed by atoms with Crippen molar-refractivity contribution in [2.45, 2.75) is 12.6 Å². The van der Waals surface area contributed by atoms with Gasteiger partial charge in [0, 0.05) is 5.56 Å². The van der Waals surface area contributed by atoms with Crippen LogP contribution in [-0.4, -0.2) is 28.2 Å². The smallest absolute Gasteiger partial charge is 0.412 e. The zero-order chi connectivity index (χ0) is 19.1. The Morgan fingerprint density at radius 2 is 1.46 bits per heavy atom. The highest BCUT2D eigenvalue weighted by atomic mass is 19.4. The van der Waals surface area contributed by atoms with Gasteiger partial charge in [-0.05, 0) is 54.4 Å². The van der Waals surface area contributed by atoms with Crippen LogP contribution in [0.25, 0.3) is 0 Å². The van der Waals surface area contributed by atoms with Crippen LogP contribution < -0.4 is 5.43 Å². The zero-order valence-corrected chi connectivity index (χ0v) is 14.4. The Morgan fingerprint density at radius 1 is 0.964 bits per heavy atom. The molecule has 6 unspecified atom stereocenters. The van der Waals surface area contributed by atoms with Gasteiger partial charge in [0.05, 0.1) is 17.4 Å². The lowest BCUT2D eigenvalue weighted by molar-refractivity contribution is -0.143. The molecule has 5 aliphatic rings. The number of amides is 3. The number of nitrogens with one attached hydrogen (secondary N) is 1. The van der Waals surface area contributed by atoms with Crippen LogP contribution >= 0.6 is 0 Å². The lowest BCUT2D eigenvalue weighted by Gasteiger charge is -2.37. The molecule has 1 heterocycles. The Morgan fingerprint density at radius 3 is 1.93 bits per heavy atom. The first-order valence-corrected chi connectivity index (χ1v) is 8.82. The molecule has 148 valence electrons. The van der Waals surface area contributed by atoms with Crippen LogP contribution in [0.5, 0.6) is 0 Å². The molecule has 6 rings (SSSR count). The van der Waals surface area contributed by atoms with Gasteiger partial charge in [-0.15, -0.1) is 0 Å². The number of halogens is 3. The molecule has 3 fully saturated rings. The largest absolute Gasteiger partial charge is 0.416 e. The number of hydrogen-bond acceptors (Lipinski definition) is 3. The fourth-order valence-corrected chi connectivity index (χ4v) is 5.04. The summed E-state index contributed by atoms with van der Waals surface area (Å²) in [5, 5.41) is 0.771. The standard InChI is InChI=1S/C19H15F3N2O3.H2O/c20-19(21,22)9-3-1-8(2-4-9)16(25)23-24-17(26)14-10-5-6-11(13-7-12(10)13)15(14)18(24)27;/h1-6,10-15H,7H2,(H,23,25);1H2. The minimum Gasteiger partial charge on any atom is -0.412 e. The first kappa shape index (κ1) is 18.7. The lowest BCUT2D eigenvalue weighted by Crippen LogP contribution is -2.46. The van der Waals surface area contributed by atoms with Crippen LogP contribution in [-0.2, 0) is 15.8 Å². The molecule has 0 aromatic heterocycles. The molecule has 2 bridgehead atoms. The summed E-state index contributed by atoms with van der Waals surface area (Å²) in [6.07, 6.45) is 0.575. The molecule has 1 aromatic carbocycles. The van der Waals surface area contributed by atoms with E-state index < -0.39 is 41.3 Å². The maximum Gasteiger partial charge on any atom is 0.416 e. The van der Waals surface area contributed by atoms with E-state index in [1.165, 1.54) is 0 Å². The molecule has 0 radical (unpaired) electrons. The van der Waals surface area contributed by atoms with Crippen LogP contribution in [0.4, 0.5) is 13.2 Å². The summed E-state index contributed by atoms with van der Waals surface area (Å²) in [5.74, 6) is -1.54. The van der Waals surface area contributed by atoms with E-state index in [1.807, 2.05) is 12.2 Å². The number of imide groups is 1. The molecule has 3 N–H and O–H groups in total. The second-order valence-electron chi connectivity index (χ2n) is 7.68. The van der Waals surface area contributed by atoms with E-state index in [9.17, 15) is 27.6 Å². The van der Waals surface area contributed by atoms with Gasteiger partial charge in [0.15, 0.2) is 0 Å². The van der Waals surface area contributed by atoms with Gasteiger partial charge in [-0.3, -0.25) is 19.8 Å². The van der Waals surface area contributed by atoms with Crippen LogP contribution in [0.3, 0.4) is 0 Å². The van der Waals surface area contributed by atoms with Crippen molar-refractivity contribution in [2.75, 3.05) is 0 Å². The number of allylic oxidation sites excluding steroid dienone is 2. The SMILES string of the molecule is O.O=C(NN1C(=O)C2C3C=CC(C4CC34)C2C1=O)c1ccc(C(F)(F)F)cc1. The molecule has 1 aromatic rings. The van der Waals surface area contributed by atoms with Gasteiger partial charge < -0.3 is 5.48 Å². The normalized spacial score (nSPS) is 34.6. The molecule has 3 amide bonds. The number of alkyl halides is 3. The summed E-state index contributed by atoms with van der Waals surface area (Å²) in [5.41, 5.74) is 1.37. The van der Waals surface area contributed by atoms with Gasteiger partial charge >= 0.3 is 6.18 Å². The Hall–Kier alpha value is -2.68. The molecular weight excluding hydrogens is 377 g/mol. The van der Waals surface area contributed by atoms with Crippen molar-refractivity contribution in [3.63, 3.8) is 0 Å². The number of hydrazine groups is 1. The van der Waals surface area contributed by atoms with Gasteiger partial charge in [0.25, 0.3) is 17.7 Å². The number of nitrogens with zero attached hydrogens (tertiary/aromatic N) is 1. The van der Waals surface area contributed by atoms with E-state index >= 15 is 0 Å². The third-order valence-electron chi connectivity index (χ3n) is 6.35. The van der Waals surface area contributed by atoms with Gasteiger partial charge in [-0.25, -0.2) is 0 Å². The van der Waals surface area contributed by atoms with Crippen LogP contribution in [0.2, 0.25) is 0 Å². The molecule has 6 nitrogen and oxygen atoms in total. The third-order valence-corrected chi connectivity index (χ3v) is 6.35. The molecule has 1 saturated heterocycles. The number of carbonyl (C=O) groups excluding carboxylic acids is 3. The van der Waals surface area contributed by atoms with Crippen molar-refractivity contribution in [3.05, 3.63) is 47.5 Å². The van der Waals surface area contributed by atoms with Crippen molar-refractivity contribution in [1.29, 1.82) is 0 Å². The van der Waals surface area contributed by atoms with E-state index in [1.54, 1.807) is 0 Å². The van der Waals surface area contributed by atoms with E-state index in [2.05, 4.69) is 5.43 Å². The van der Waals surface area contributed by atoms with Crippen molar-refractivity contribution in [2.24, 2.45) is 35.5 Å². The Kier molecular flexibility index (Phi) is 3.94. The highest BCUT2D eigenvalue weighted by Gasteiger charge is 2.67. The maximum atomic E-state index is 12.8. The molecule has 0 spiro atoms. The Balaban J connectivity index is 0.00000192. The predicted octanol–water partition coefficient (Wildman–Crippen LogP) is 1.58. The van der Waals surface area contributed by atoms with Gasteiger partial charge in [-0.1, -0.05) is 12.2 Å². The fraction of sp³-hybridized carbons (Fsp3) is 0.421. The number of benzene rings is 1. The maximum absolute atomic E-state index is 12.8. The first-order chi connectivity index (χ1) is 12.8. The third kappa shape index (κ3) is 2.49. The lowest BCUT2D eigenvalue weighted by atomic mass is 9.63. The molecule has 4 aliphatic carbocycles. The number of rotatable bonds is 2. The Bertz CT molecular complexity index is 859. The van der Waals surface area contributed by atoms with Crippen molar-refractivity contribution < 1.29 is 33.0 Å². The van der Waals surface area contributed by atoms with Gasteiger partial charge in [0.2, 0.25) is 0 Å². The average Bonchev–Trinajstić information content (AvgIpc) is 3.42. The molecule has 6 atom stereocenters. The average molecular weight is 394 g/mol. The fourth-order valence-electron chi connectivity index (χ4n) is 5.04. The zero-order valence-electron chi connectivity index (χ0n) is 14.4. The monoisotopic (exact) mass is 394 g/mol. The quantitative estimate of drug-likeness (QED) is 0.609. The van der Waals surface area contributed by atoms with E-state index in [0.29, 0.717) is 11.8 Å². The second kappa shape index (κ2) is 5.91. The van der Waals surface area contributed by atoms with Crippen LogP contribution in [0, 0.1) is 35.5 Å². The predicted molar refractivity (Wildman–Crippen MR) is 89.1 cm³/mol. The highest BCUT2D eigenvalue weighted by Crippen LogP contribution is 2.65. The molecule has 9 heteroatoms. The molecule has 28 heavy (non-hydrogen) atoms. The van der Waals surface area contributed by atoms with Crippen LogP contribution in [0.15, 0.2) is 36.4 Å². The number of hydrogen-bond donors (Lipinski definition) is 1. The van der Waals surface area contributed by atoms with Crippen molar-refractivity contribution in [1.82, 2.24) is 10.4 Å². The first-order valence-electron chi connectivity index (χ1n) is 8.82. The topological polar surface area (TPSA) is 98.0 Å². The van der Waals surface area contributed by atoms with Crippen LogP contribution in [0.1, 0.15) is 22.3 Å². The van der Waals surface area contributed by atoms with E-state index in [-0.39, 0.29) is 22.9 Å². The van der Waals surface area contributed by atoms with E-state index in [4.69, 9.17) is 0 Å². The summed E-state index contributed by atoms with van der Waals surface area (Å²) in [7, 11) is 0. The summed E-state index contributed by atoms with van der Waals surface area (Å²) >= 11 is 0. The van der Waals surface area contributed by atoms with Gasteiger partial charge in [-0.2, -0.15) is 18.2 Å². The Labute approximate surface area is 157 Å². The van der Waals surface area contributed by atoms with Crippen molar-refractivity contribution >= 4 is 17.7 Å². The van der Waals surface area contributed by atoms with Crippen molar-refractivity contribution in [3.8, 4) is 0 Å². The minimum atomic E-state index is -4.50.